The van der Waals surface area contributed by atoms with Gasteiger partial charge in [0.05, 0.1) is 0 Å². The van der Waals surface area contributed by atoms with Gasteiger partial charge in [-0.3, -0.25) is 4.79 Å². The SMILES string of the molecule is Cc1cc(Br)c(SC(=S)N(C)C)c2c1CCC2=O. The largest absolute Gasteiger partial charge is 0.363 e. The van der Waals surface area contributed by atoms with Gasteiger partial charge in [0.2, 0.25) is 0 Å². The molecule has 0 fully saturated rings. The molecule has 1 aliphatic rings. The van der Waals surface area contributed by atoms with Gasteiger partial charge in [0.25, 0.3) is 0 Å². The number of carbonyl (C=O) groups excluding carboxylic acids is 1. The second kappa shape index (κ2) is 5.31. The number of carbonyl (C=O) groups is 1. The molecule has 1 aliphatic carbocycles. The van der Waals surface area contributed by atoms with Gasteiger partial charge in [0.1, 0.15) is 4.32 Å². The lowest BCUT2D eigenvalue weighted by Crippen LogP contribution is -2.16. The number of rotatable bonds is 1. The molecule has 1 aromatic carbocycles. The van der Waals surface area contributed by atoms with Gasteiger partial charge in [-0.1, -0.05) is 24.0 Å². The quantitative estimate of drug-likeness (QED) is 0.570. The van der Waals surface area contributed by atoms with E-state index in [-0.39, 0.29) is 5.78 Å². The van der Waals surface area contributed by atoms with Crippen LogP contribution in [0.15, 0.2) is 15.4 Å². The number of hydrogen-bond donors (Lipinski definition) is 0. The van der Waals surface area contributed by atoms with Crippen molar-refractivity contribution in [2.45, 2.75) is 24.7 Å². The number of Topliss-reactive ketones (excluding diaryl/α,β-unsaturated/α-hetero) is 1. The summed E-state index contributed by atoms with van der Waals surface area (Å²) in [7, 11) is 3.83. The molecule has 0 saturated carbocycles. The molecule has 2 nitrogen and oxygen atoms in total. The van der Waals surface area contributed by atoms with Crippen molar-refractivity contribution in [3.05, 3.63) is 27.2 Å². The molecule has 0 amide bonds. The number of aryl methyl sites for hydroxylation is 1. The average Bonchev–Trinajstić information content (AvgIpc) is 2.66. The molecule has 0 atom stereocenters. The van der Waals surface area contributed by atoms with Gasteiger partial charge in [-0.2, -0.15) is 0 Å². The summed E-state index contributed by atoms with van der Waals surface area (Å²) in [6.45, 7) is 2.06. The molecular formula is C13H14BrNOS2. The third-order valence-corrected chi connectivity index (χ3v) is 5.67. The summed E-state index contributed by atoms with van der Waals surface area (Å²) in [4.78, 5) is 14.9. The van der Waals surface area contributed by atoms with Crippen LogP contribution in [0.2, 0.25) is 0 Å². The molecule has 0 N–H and O–H groups in total. The van der Waals surface area contributed by atoms with Crippen molar-refractivity contribution in [2.24, 2.45) is 0 Å². The summed E-state index contributed by atoms with van der Waals surface area (Å²) in [6, 6.07) is 2.08. The number of thioether (sulfide) groups is 1. The first-order chi connectivity index (χ1) is 8.41. The third kappa shape index (κ3) is 2.49. The van der Waals surface area contributed by atoms with Gasteiger partial charge >= 0.3 is 0 Å². The Morgan fingerprint density at radius 3 is 2.72 bits per heavy atom. The fraction of sp³-hybridized carbons (Fsp3) is 0.385. The highest BCUT2D eigenvalue weighted by molar-refractivity contribution is 9.10. The number of fused-ring (bicyclic) bond motifs is 1. The van der Waals surface area contributed by atoms with Crippen LogP contribution in [-0.4, -0.2) is 29.1 Å². The molecule has 5 heteroatoms. The van der Waals surface area contributed by atoms with Gasteiger partial charge in [-0.15, -0.1) is 0 Å². The van der Waals surface area contributed by atoms with Crippen LogP contribution in [0.5, 0.6) is 0 Å². The van der Waals surface area contributed by atoms with E-state index in [9.17, 15) is 4.79 Å². The Morgan fingerprint density at radius 1 is 1.44 bits per heavy atom. The Kier molecular flexibility index (Phi) is 4.14. The normalized spacial score (nSPS) is 13.7. The standard InChI is InChI=1S/C13H14BrNOS2/c1-7-6-9(14)12(18-13(17)15(2)3)11-8(7)4-5-10(11)16/h6H,4-5H2,1-3H3. The second-order valence-corrected chi connectivity index (χ2v) is 7.04. The Morgan fingerprint density at radius 2 is 2.11 bits per heavy atom. The zero-order chi connectivity index (χ0) is 13.4. The molecule has 96 valence electrons. The van der Waals surface area contributed by atoms with Crippen LogP contribution >= 0.6 is 39.9 Å². The predicted molar refractivity (Wildman–Crippen MR) is 83.7 cm³/mol. The molecular weight excluding hydrogens is 330 g/mol. The molecule has 0 aliphatic heterocycles. The summed E-state index contributed by atoms with van der Waals surface area (Å²) in [5, 5.41) is 0. The van der Waals surface area contributed by atoms with Gasteiger partial charge in [-0.25, -0.2) is 0 Å². The minimum absolute atomic E-state index is 0.235. The highest BCUT2D eigenvalue weighted by Gasteiger charge is 2.27. The van der Waals surface area contributed by atoms with Crippen molar-refractivity contribution in [3.8, 4) is 0 Å². The zero-order valence-corrected chi connectivity index (χ0v) is 13.8. The summed E-state index contributed by atoms with van der Waals surface area (Å²) in [5.41, 5.74) is 3.24. The van der Waals surface area contributed by atoms with Crippen LogP contribution < -0.4 is 0 Å². The van der Waals surface area contributed by atoms with Crippen LogP contribution in [0.4, 0.5) is 0 Å². The highest BCUT2D eigenvalue weighted by atomic mass is 79.9. The topological polar surface area (TPSA) is 20.3 Å². The first-order valence-electron chi connectivity index (χ1n) is 5.66. The highest BCUT2D eigenvalue weighted by Crippen LogP contribution is 2.40. The Labute approximate surface area is 125 Å². The van der Waals surface area contributed by atoms with Gasteiger partial charge in [-0.05, 0) is 46.5 Å². The maximum Gasteiger partial charge on any atom is 0.164 e. The fourth-order valence-electron chi connectivity index (χ4n) is 2.06. The molecule has 0 spiro atoms. The van der Waals surface area contributed by atoms with Crippen LogP contribution in [0.3, 0.4) is 0 Å². The lowest BCUT2D eigenvalue weighted by molar-refractivity contribution is 0.0992. The molecule has 1 aromatic rings. The summed E-state index contributed by atoms with van der Waals surface area (Å²) < 4.78 is 1.73. The van der Waals surface area contributed by atoms with E-state index in [0.29, 0.717) is 6.42 Å². The maximum absolute atomic E-state index is 12.1. The first-order valence-corrected chi connectivity index (χ1v) is 7.68. The number of nitrogens with zero attached hydrogens (tertiary/aromatic N) is 1. The zero-order valence-electron chi connectivity index (χ0n) is 10.5. The van der Waals surface area contributed by atoms with E-state index in [0.717, 1.165) is 25.7 Å². The van der Waals surface area contributed by atoms with Crippen molar-refractivity contribution in [2.75, 3.05) is 14.1 Å². The molecule has 0 unspecified atom stereocenters. The van der Waals surface area contributed by atoms with Crippen molar-refractivity contribution >= 4 is 50.0 Å². The molecule has 0 bridgehead atoms. The fourth-order valence-corrected chi connectivity index (χ4v) is 3.94. The van der Waals surface area contributed by atoms with E-state index < -0.39 is 0 Å². The minimum Gasteiger partial charge on any atom is -0.363 e. The maximum atomic E-state index is 12.1. The van der Waals surface area contributed by atoms with Gasteiger partial charge in [0.15, 0.2) is 5.78 Å². The van der Waals surface area contributed by atoms with Crippen LogP contribution in [0, 0.1) is 6.92 Å². The van der Waals surface area contributed by atoms with E-state index in [2.05, 4.69) is 28.9 Å². The third-order valence-electron chi connectivity index (χ3n) is 3.00. The summed E-state index contributed by atoms with van der Waals surface area (Å²) in [6.07, 6.45) is 1.48. The van der Waals surface area contributed by atoms with Crippen LogP contribution in [-0.2, 0) is 6.42 Å². The molecule has 0 saturated heterocycles. The Bertz CT molecular complexity index is 540. The summed E-state index contributed by atoms with van der Waals surface area (Å²) in [5.74, 6) is 0.235. The monoisotopic (exact) mass is 343 g/mol. The molecule has 18 heavy (non-hydrogen) atoms. The van der Waals surface area contributed by atoms with Crippen molar-refractivity contribution in [3.63, 3.8) is 0 Å². The number of hydrogen-bond acceptors (Lipinski definition) is 3. The Balaban J connectivity index is 2.51. The average molecular weight is 344 g/mol. The minimum atomic E-state index is 0.235. The number of ketones is 1. The van der Waals surface area contributed by atoms with Crippen molar-refractivity contribution in [1.82, 2.24) is 4.90 Å². The smallest absolute Gasteiger partial charge is 0.164 e. The molecule has 0 heterocycles. The van der Waals surface area contributed by atoms with Crippen LogP contribution in [0.25, 0.3) is 0 Å². The van der Waals surface area contributed by atoms with E-state index in [1.807, 2.05) is 19.0 Å². The molecule has 0 radical (unpaired) electrons. The van der Waals surface area contributed by atoms with E-state index in [1.54, 1.807) is 0 Å². The van der Waals surface area contributed by atoms with Gasteiger partial charge < -0.3 is 4.90 Å². The first kappa shape index (κ1) is 14.0. The van der Waals surface area contributed by atoms with Crippen molar-refractivity contribution < 1.29 is 4.79 Å². The molecule has 0 aromatic heterocycles. The van der Waals surface area contributed by atoms with Gasteiger partial charge in [0, 0.05) is 35.4 Å². The number of halogens is 1. The van der Waals surface area contributed by atoms with Crippen molar-refractivity contribution in [1.29, 1.82) is 0 Å². The molecule has 2 rings (SSSR count). The van der Waals surface area contributed by atoms with Crippen LogP contribution in [0.1, 0.15) is 27.9 Å². The number of thiocarbonyl (C=S) groups is 1. The lowest BCUT2D eigenvalue weighted by Gasteiger charge is -2.16. The van der Waals surface area contributed by atoms with E-state index in [1.165, 1.54) is 22.9 Å². The predicted octanol–water partition coefficient (Wildman–Crippen LogP) is 3.83. The second-order valence-electron chi connectivity index (χ2n) is 4.54. The number of benzene rings is 1. The Hall–Kier alpha value is -0.390. The van der Waals surface area contributed by atoms with E-state index in [4.69, 9.17) is 12.2 Å². The van der Waals surface area contributed by atoms with E-state index >= 15 is 0 Å². The summed E-state index contributed by atoms with van der Waals surface area (Å²) >= 11 is 10.4. The lowest BCUT2D eigenvalue weighted by atomic mass is 10.0.